The highest BCUT2D eigenvalue weighted by Gasteiger charge is 2.18. The van der Waals surface area contributed by atoms with Gasteiger partial charge >= 0.3 is 0 Å². The Morgan fingerprint density at radius 3 is 2.14 bits per heavy atom. The number of ketones is 1. The van der Waals surface area contributed by atoms with Crippen molar-refractivity contribution in [1.82, 2.24) is 0 Å². The molecule has 0 aliphatic rings. The predicted octanol–water partition coefficient (Wildman–Crippen LogP) is 3.08. The fraction of sp³-hybridized carbons (Fsp3) is 0.0909. The smallest absolute Gasteiger partial charge is 0.249 e. The molecule has 0 atom stereocenters. The number of rotatable bonds is 7. The van der Waals surface area contributed by atoms with Crippen molar-refractivity contribution >= 4 is 17.4 Å². The summed E-state index contributed by atoms with van der Waals surface area (Å²) in [6.07, 6.45) is 0.578. The van der Waals surface area contributed by atoms with Crippen LogP contribution in [0.2, 0.25) is 0 Å². The molecule has 0 aromatic heterocycles. The summed E-state index contributed by atoms with van der Waals surface area (Å²) >= 11 is 0. The van der Waals surface area contributed by atoms with Gasteiger partial charge in [-0.05, 0) is 42.3 Å². The number of para-hydroxylation sites is 1. The minimum absolute atomic E-state index is 0.166. The lowest BCUT2D eigenvalue weighted by Crippen LogP contribution is -2.17. The van der Waals surface area contributed by atoms with Crippen LogP contribution >= 0.6 is 0 Å². The number of anilines is 1. The summed E-state index contributed by atoms with van der Waals surface area (Å²) in [6, 6.07) is 18.2. The fourth-order valence-electron chi connectivity index (χ4n) is 2.94. The molecule has 0 saturated carbocycles. The molecular weight excluding hydrogens is 356 g/mol. The number of amides is 1. The average Bonchev–Trinajstić information content (AvgIpc) is 2.70. The van der Waals surface area contributed by atoms with Gasteiger partial charge in [0.25, 0.3) is 0 Å². The van der Waals surface area contributed by atoms with Crippen LogP contribution in [0.1, 0.15) is 31.8 Å². The van der Waals surface area contributed by atoms with Crippen molar-refractivity contribution in [2.45, 2.75) is 6.42 Å². The molecule has 142 valence electrons. The van der Waals surface area contributed by atoms with Crippen LogP contribution in [0.25, 0.3) is 0 Å². The highest BCUT2D eigenvalue weighted by Crippen LogP contribution is 2.25. The van der Waals surface area contributed by atoms with Crippen molar-refractivity contribution < 1.29 is 19.8 Å². The monoisotopic (exact) mass is 376 g/mol. The molecule has 3 aromatic carbocycles. The van der Waals surface area contributed by atoms with Crippen LogP contribution in [0.5, 0.6) is 11.5 Å². The number of carbonyl (C=O) groups is 2. The molecule has 0 bridgehead atoms. The summed E-state index contributed by atoms with van der Waals surface area (Å²) < 4.78 is 0. The zero-order valence-corrected chi connectivity index (χ0v) is 15.1. The molecule has 0 radical (unpaired) electrons. The van der Waals surface area contributed by atoms with Crippen LogP contribution in [-0.2, 0) is 6.42 Å². The SMILES string of the molecule is NC(=O)c1ccccc1C(=O)c1ccccc1NCCc1ccc(O)c(O)c1. The summed E-state index contributed by atoms with van der Waals surface area (Å²) in [5.41, 5.74) is 7.74. The number of phenolic OH excluding ortho intramolecular Hbond substituents is 2. The van der Waals surface area contributed by atoms with Gasteiger partial charge in [-0.25, -0.2) is 0 Å². The number of hydrogen-bond acceptors (Lipinski definition) is 5. The zero-order chi connectivity index (χ0) is 20.1. The summed E-state index contributed by atoms with van der Waals surface area (Å²) in [6.45, 7) is 0.506. The van der Waals surface area contributed by atoms with E-state index in [-0.39, 0.29) is 28.4 Å². The topological polar surface area (TPSA) is 113 Å². The van der Waals surface area contributed by atoms with E-state index in [9.17, 15) is 19.8 Å². The summed E-state index contributed by atoms with van der Waals surface area (Å²) in [7, 11) is 0. The molecule has 3 aromatic rings. The molecule has 0 saturated heterocycles. The van der Waals surface area contributed by atoms with Gasteiger partial charge < -0.3 is 21.3 Å². The second kappa shape index (κ2) is 8.26. The van der Waals surface area contributed by atoms with Gasteiger partial charge in [0.05, 0.1) is 5.56 Å². The first-order valence-electron chi connectivity index (χ1n) is 8.74. The minimum atomic E-state index is -0.651. The molecule has 0 unspecified atom stereocenters. The first kappa shape index (κ1) is 19.0. The van der Waals surface area contributed by atoms with E-state index in [0.717, 1.165) is 5.56 Å². The number of hydrogen-bond donors (Lipinski definition) is 4. The van der Waals surface area contributed by atoms with Gasteiger partial charge in [-0.3, -0.25) is 9.59 Å². The lowest BCUT2D eigenvalue weighted by molar-refractivity contribution is 0.0981. The Labute approximate surface area is 162 Å². The molecule has 28 heavy (non-hydrogen) atoms. The lowest BCUT2D eigenvalue weighted by Gasteiger charge is -2.13. The standard InChI is InChI=1S/C22H20N2O4/c23-22(28)16-6-2-1-5-15(16)21(27)17-7-3-4-8-18(17)24-12-11-14-9-10-19(25)20(26)13-14/h1-10,13,24-26H,11-12H2,(H2,23,28). The number of nitrogens with one attached hydrogen (secondary N) is 1. The quantitative estimate of drug-likeness (QED) is 0.374. The molecule has 0 aliphatic carbocycles. The van der Waals surface area contributed by atoms with Crippen molar-refractivity contribution in [2.75, 3.05) is 11.9 Å². The van der Waals surface area contributed by atoms with Crippen LogP contribution in [0, 0.1) is 0 Å². The summed E-state index contributed by atoms with van der Waals surface area (Å²) in [4.78, 5) is 24.6. The van der Waals surface area contributed by atoms with Crippen LogP contribution in [-0.4, -0.2) is 28.4 Å². The summed E-state index contributed by atoms with van der Waals surface area (Å²) in [5, 5.41) is 22.2. The Morgan fingerprint density at radius 1 is 0.821 bits per heavy atom. The molecule has 6 heteroatoms. The van der Waals surface area contributed by atoms with Gasteiger partial charge in [-0.15, -0.1) is 0 Å². The highest BCUT2D eigenvalue weighted by atomic mass is 16.3. The maximum atomic E-state index is 13.0. The van der Waals surface area contributed by atoms with E-state index >= 15 is 0 Å². The molecule has 0 aliphatic heterocycles. The summed E-state index contributed by atoms with van der Waals surface area (Å²) in [5.74, 6) is -1.28. The van der Waals surface area contributed by atoms with Crippen molar-refractivity contribution in [1.29, 1.82) is 0 Å². The largest absolute Gasteiger partial charge is 0.504 e. The fourth-order valence-corrected chi connectivity index (χ4v) is 2.94. The highest BCUT2D eigenvalue weighted by molar-refractivity contribution is 6.17. The molecule has 1 amide bonds. The van der Waals surface area contributed by atoms with Gasteiger partial charge in [0.2, 0.25) is 5.91 Å². The van der Waals surface area contributed by atoms with Crippen molar-refractivity contribution in [2.24, 2.45) is 5.73 Å². The maximum absolute atomic E-state index is 13.0. The van der Waals surface area contributed by atoms with E-state index in [2.05, 4.69) is 5.32 Å². The molecule has 5 N–H and O–H groups in total. The van der Waals surface area contributed by atoms with Crippen molar-refractivity contribution in [3.05, 3.63) is 89.0 Å². The number of phenols is 2. The lowest BCUT2D eigenvalue weighted by atomic mass is 9.97. The van der Waals surface area contributed by atoms with E-state index in [4.69, 9.17) is 5.73 Å². The predicted molar refractivity (Wildman–Crippen MR) is 107 cm³/mol. The normalized spacial score (nSPS) is 10.4. The molecule has 6 nitrogen and oxygen atoms in total. The Bertz CT molecular complexity index is 1030. The van der Waals surface area contributed by atoms with Crippen molar-refractivity contribution in [3.8, 4) is 11.5 Å². The Morgan fingerprint density at radius 2 is 1.46 bits per heavy atom. The average molecular weight is 376 g/mol. The third kappa shape index (κ3) is 4.12. The molecule has 0 heterocycles. The van der Waals surface area contributed by atoms with Crippen molar-refractivity contribution in [3.63, 3.8) is 0 Å². The van der Waals surface area contributed by atoms with E-state index < -0.39 is 5.91 Å². The van der Waals surface area contributed by atoms with E-state index in [0.29, 0.717) is 24.2 Å². The van der Waals surface area contributed by atoms with E-state index in [1.165, 1.54) is 18.2 Å². The van der Waals surface area contributed by atoms with Gasteiger partial charge in [0, 0.05) is 23.4 Å². The van der Waals surface area contributed by atoms with E-state index in [1.54, 1.807) is 42.5 Å². The van der Waals surface area contributed by atoms with Crippen LogP contribution < -0.4 is 11.1 Å². The first-order chi connectivity index (χ1) is 13.5. The Kier molecular flexibility index (Phi) is 5.60. The van der Waals surface area contributed by atoms with Gasteiger partial charge in [0.1, 0.15) is 0 Å². The van der Waals surface area contributed by atoms with Crippen LogP contribution in [0.15, 0.2) is 66.7 Å². The van der Waals surface area contributed by atoms with E-state index in [1.807, 2.05) is 6.07 Å². The molecule has 3 rings (SSSR count). The second-order valence-electron chi connectivity index (χ2n) is 6.28. The third-order valence-corrected chi connectivity index (χ3v) is 4.38. The number of carbonyl (C=O) groups excluding carboxylic acids is 2. The van der Waals surface area contributed by atoms with Gasteiger partial charge in [-0.1, -0.05) is 36.4 Å². The third-order valence-electron chi connectivity index (χ3n) is 4.38. The van der Waals surface area contributed by atoms with Gasteiger partial charge in [-0.2, -0.15) is 0 Å². The van der Waals surface area contributed by atoms with Crippen LogP contribution in [0.4, 0.5) is 5.69 Å². The molecule has 0 spiro atoms. The van der Waals surface area contributed by atoms with Crippen LogP contribution in [0.3, 0.4) is 0 Å². The van der Waals surface area contributed by atoms with Gasteiger partial charge in [0.15, 0.2) is 17.3 Å². The number of nitrogens with two attached hydrogens (primary N) is 1. The zero-order valence-electron chi connectivity index (χ0n) is 15.1. The maximum Gasteiger partial charge on any atom is 0.249 e. The minimum Gasteiger partial charge on any atom is -0.504 e. The Hall–Kier alpha value is -3.80. The number of aromatic hydroxyl groups is 2. The number of primary amides is 1. The second-order valence-corrected chi connectivity index (χ2v) is 6.28. The number of benzene rings is 3. The molecular formula is C22H20N2O4. The first-order valence-corrected chi connectivity index (χ1v) is 8.74. The molecule has 0 fully saturated rings. The Balaban J connectivity index is 1.79.